The van der Waals surface area contributed by atoms with Gasteiger partial charge in [0.25, 0.3) is 0 Å². The zero-order valence-corrected chi connectivity index (χ0v) is 11.7. The van der Waals surface area contributed by atoms with Crippen LogP contribution in [0.1, 0.15) is 44.6 Å². The van der Waals surface area contributed by atoms with Gasteiger partial charge in [0.2, 0.25) is 0 Å². The lowest BCUT2D eigenvalue weighted by atomic mass is 9.93. The maximum Gasteiger partial charge on any atom is 0.146 e. The summed E-state index contributed by atoms with van der Waals surface area (Å²) in [4.78, 5) is 2.21. The monoisotopic (exact) mass is 269 g/mol. The third kappa shape index (κ3) is 2.97. The van der Waals surface area contributed by atoms with Crippen molar-refractivity contribution < 1.29 is 4.39 Å². The van der Waals surface area contributed by atoms with Gasteiger partial charge in [-0.15, -0.1) is 11.6 Å². The molecule has 100 valence electrons. The number of anilines is 1. The summed E-state index contributed by atoms with van der Waals surface area (Å²) in [5.41, 5.74) is 1.58. The van der Waals surface area contributed by atoms with E-state index in [0.29, 0.717) is 11.9 Å². The first-order valence-corrected chi connectivity index (χ1v) is 7.40. The van der Waals surface area contributed by atoms with Crippen LogP contribution in [0.15, 0.2) is 18.2 Å². The number of benzene rings is 1. The molecule has 18 heavy (non-hydrogen) atoms. The standard InChI is InChI=1S/C15H21ClFN/c1-2-18(13-6-4-3-5-7-13)15-9-8-12(11-16)10-14(15)17/h8-10,13H,2-7,11H2,1H3. The van der Waals surface area contributed by atoms with Gasteiger partial charge in [-0.1, -0.05) is 25.3 Å². The Hall–Kier alpha value is -0.760. The fourth-order valence-corrected chi connectivity index (χ4v) is 3.05. The van der Waals surface area contributed by atoms with Crippen LogP contribution in [-0.4, -0.2) is 12.6 Å². The van der Waals surface area contributed by atoms with Gasteiger partial charge >= 0.3 is 0 Å². The number of rotatable bonds is 4. The molecule has 1 saturated carbocycles. The van der Waals surface area contributed by atoms with Crippen LogP contribution in [0, 0.1) is 5.82 Å². The van der Waals surface area contributed by atoms with Crippen LogP contribution in [0.5, 0.6) is 0 Å². The Morgan fingerprint density at radius 3 is 2.56 bits per heavy atom. The minimum Gasteiger partial charge on any atom is -0.366 e. The Morgan fingerprint density at radius 2 is 2.00 bits per heavy atom. The normalized spacial score (nSPS) is 16.8. The molecule has 0 aliphatic heterocycles. The lowest BCUT2D eigenvalue weighted by Gasteiger charge is -2.35. The van der Waals surface area contributed by atoms with Gasteiger partial charge in [-0.05, 0) is 37.5 Å². The molecule has 2 rings (SSSR count). The zero-order chi connectivity index (χ0) is 13.0. The molecule has 1 nitrogen and oxygen atoms in total. The Morgan fingerprint density at radius 1 is 1.28 bits per heavy atom. The molecule has 0 unspecified atom stereocenters. The van der Waals surface area contributed by atoms with Crippen molar-refractivity contribution in [2.45, 2.75) is 50.9 Å². The second-order valence-electron chi connectivity index (χ2n) is 5.00. The quantitative estimate of drug-likeness (QED) is 0.715. The van der Waals surface area contributed by atoms with Crippen LogP contribution >= 0.6 is 11.6 Å². The Balaban J connectivity index is 2.20. The molecule has 0 aromatic heterocycles. The van der Waals surface area contributed by atoms with Gasteiger partial charge in [0.05, 0.1) is 5.69 Å². The first-order valence-electron chi connectivity index (χ1n) is 6.87. The summed E-state index contributed by atoms with van der Waals surface area (Å²) in [6.07, 6.45) is 6.22. The minimum absolute atomic E-state index is 0.138. The van der Waals surface area contributed by atoms with Gasteiger partial charge in [-0.3, -0.25) is 0 Å². The Bertz CT molecular complexity index is 388. The molecule has 0 N–H and O–H groups in total. The number of alkyl halides is 1. The molecular weight excluding hydrogens is 249 g/mol. The van der Waals surface area contributed by atoms with E-state index in [1.54, 1.807) is 6.07 Å². The number of hydrogen-bond acceptors (Lipinski definition) is 1. The summed E-state index contributed by atoms with van der Waals surface area (Å²) in [5.74, 6) is 0.229. The summed E-state index contributed by atoms with van der Waals surface area (Å²) in [6, 6.07) is 5.87. The van der Waals surface area contributed by atoms with Crippen LogP contribution in [-0.2, 0) is 5.88 Å². The average Bonchev–Trinajstić information content (AvgIpc) is 2.42. The van der Waals surface area contributed by atoms with Crippen molar-refractivity contribution in [3.63, 3.8) is 0 Å². The van der Waals surface area contributed by atoms with E-state index in [0.717, 1.165) is 17.8 Å². The fraction of sp³-hybridized carbons (Fsp3) is 0.600. The summed E-state index contributed by atoms with van der Waals surface area (Å²) < 4.78 is 14.1. The van der Waals surface area contributed by atoms with Gasteiger partial charge in [-0.2, -0.15) is 0 Å². The van der Waals surface area contributed by atoms with Crippen LogP contribution in [0.4, 0.5) is 10.1 Å². The molecule has 1 aliphatic carbocycles. The summed E-state index contributed by atoms with van der Waals surface area (Å²) in [5, 5.41) is 0. The molecule has 1 aromatic rings. The van der Waals surface area contributed by atoms with Gasteiger partial charge in [0.15, 0.2) is 0 Å². The largest absolute Gasteiger partial charge is 0.366 e. The number of halogens is 2. The molecule has 0 saturated heterocycles. The second-order valence-corrected chi connectivity index (χ2v) is 5.26. The molecule has 0 heterocycles. The lowest BCUT2D eigenvalue weighted by molar-refractivity contribution is 0.414. The third-order valence-corrected chi connectivity index (χ3v) is 4.14. The van der Waals surface area contributed by atoms with Crippen molar-refractivity contribution in [3.8, 4) is 0 Å². The molecule has 0 atom stereocenters. The Labute approximate surface area is 114 Å². The maximum absolute atomic E-state index is 14.1. The molecular formula is C15H21ClFN. The highest BCUT2D eigenvalue weighted by molar-refractivity contribution is 6.17. The minimum atomic E-state index is -0.138. The molecule has 0 radical (unpaired) electrons. The van der Waals surface area contributed by atoms with Crippen LogP contribution < -0.4 is 4.90 Å². The molecule has 1 aromatic carbocycles. The van der Waals surface area contributed by atoms with E-state index in [9.17, 15) is 4.39 Å². The lowest BCUT2D eigenvalue weighted by Crippen LogP contribution is -2.37. The number of nitrogens with zero attached hydrogens (tertiary/aromatic N) is 1. The summed E-state index contributed by atoms with van der Waals surface area (Å²) in [6.45, 7) is 2.96. The van der Waals surface area contributed by atoms with Crippen molar-refractivity contribution in [2.75, 3.05) is 11.4 Å². The Kier molecular flexibility index (Phi) is 4.87. The van der Waals surface area contributed by atoms with Crippen LogP contribution in [0.25, 0.3) is 0 Å². The average molecular weight is 270 g/mol. The molecule has 1 fully saturated rings. The molecule has 0 spiro atoms. The summed E-state index contributed by atoms with van der Waals surface area (Å²) >= 11 is 5.73. The maximum atomic E-state index is 14.1. The predicted molar refractivity (Wildman–Crippen MR) is 75.9 cm³/mol. The van der Waals surface area contributed by atoms with Crippen LogP contribution in [0.2, 0.25) is 0 Å². The van der Waals surface area contributed by atoms with Gasteiger partial charge < -0.3 is 4.90 Å². The van der Waals surface area contributed by atoms with Crippen molar-refractivity contribution in [1.29, 1.82) is 0 Å². The van der Waals surface area contributed by atoms with E-state index in [1.165, 1.54) is 32.1 Å². The van der Waals surface area contributed by atoms with Gasteiger partial charge in [-0.25, -0.2) is 4.39 Å². The highest BCUT2D eigenvalue weighted by Gasteiger charge is 2.22. The predicted octanol–water partition coefficient (Wildman–Crippen LogP) is 4.72. The van der Waals surface area contributed by atoms with Crippen molar-refractivity contribution in [1.82, 2.24) is 0 Å². The van der Waals surface area contributed by atoms with E-state index >= 15 is 0 Å². The first-order chi connectivity index (χ1) is 8.76. The molecule has 3 heteroatoms. The highest BCUT2D eigenvalue weighted by atomic mass is 35.5. The topological polar surface area (TPSA) is 3.24 Å². The first kappa shape index (κ1) is 13.7. The summed E-state index contributed by atoms with van der Waals surface area (Å²) in [7, 11) is 0. The van der Waals surface area contributed by atoms with Crippen molar-refractivity contribution in [3.05, 3.63) is 29.6 Å². The zero-order valence-electron chi connectivity index (χ0n) is 11.0. The van der Waals surface area contributed by atoms with Crippen LogP contribution in [0.3, 0.4) is 0 Å². The molecule has 1 aliphatic rings. The van der Waals surface area contributed by atoms with E-state index in [4.69, 9.17) is 11.6 Å². The van der Waals surface area contributed by atoms with Crippen molar-refractivity contribution >= 4 is 17.3 Å². The smallest absolute Gasteiger partial charge is 0.146 e. The molecule has 0 bridgehead atoms. The van der Waals surface area contributed by atoms with E-state index in [1.807, 2.05) is 12.1 Å². The van der Waals surface area contributed by atoms with E-state index in [-0.39, 0.29) is 5.82 Å². The highest BCUT2D eigenvalue weighted by Crippen LogP contribution is 2.29. The molecule has 0 amide bonds. The van der Waals surface area contributed by atoms with E-state index in [2.05, 4.69) is 11.8 Å². The van der Waals surface area contributed by atoms with Crippen molar-refractivity contribution in [2.24, 2.45) is 0 Å². The fourth-order valence-electron chi connectivity index (χ4n) is 2.88. The second kappa shape index (κ2) is 6.42. The number of hydrogen-bond donors (Lipinski definition) is 0. The van der Waals surface area contributed by atoms with Gasteiger partial charge in [0.1, 0.15) is 5.82 Å². The van der Waals surface area contributed by atoms with E-state index < -0.39 is 0 Å². The third-order valence-electron chi connectivity index (χ3n) is 3.83. The SMILES string of the molecule is CCN(c1ccc(CCl)cc1F)C1CCCCC1. The van der Waals surface area contributed by atoms with Gasteiger partial charge in [0, 0.05) is 18.5 Å².